The van der Waals surface area contributed by atoms with Crippen LogP contribution < -0.4 is 16.0 Å². The molecule has 6 nitrogen and oxygen atoms in total. The van der Waals surface area contributed by atoms with E-state index in [0.29, 0.717) is 12.5 Å². The van der Waals surface area contributed by atoms with E-state index in [9.17, 15) is 9.59 Å². The maximum absolute atomic E-state index is 12.8. The molecular weight excluding hydrogens is 318 g/mol. The minimum atomic E-state index is -0.340. The zero-order valence-electron chi connectivity index (χ0n) is 14.3. The number of amides is 2. The van der Waals surface area contributed by atoms with Gasteiger partial charge in [-0.1, -0.05) is 6.42 Å². The summed E-state index contributed by atoms with van der Waals surface area (Å²) in [5.74, 6) is 0.479. The molecule has 1 aromatic carbocycles. The first-order valence-electron chi connectivity index (χ1n) is 9.22. The van der Waals surface area contributed by atoms with Crippen molar-refractivity contribution in [1.82, 2.24) is 5.32 Å². The van der Waals surface area contributed by atoms with Gasteiger partial charge >= 0.3 is 0 Å². The van der Waals surface area contributed by atoms with Crippen LogP contribution in [0.3, 0.4) is 0 Å². The summed E-state index contributed by atoms with van der Waals surface area (Å²) >= 11 is 0. The van der Waals surface area contributed by atoms with Gasteiger partial charge in [-0.15, -0.1) is 0 Å². The van der Waals surface area contributed by atoms with Crippen LogP contribution in [0.2, 0.25) is 0 Å². The van der Waals surface area contributed by atoms with Crippen molar-refractivity contribution in [2.75, 3.05) is 30.3 Å². The smallest absolute Gasteiger partial charge is 0.253 e. The molecular formula is C19H25N3O3. The molecule has 4 rings (SSSR count). The zero-order chi connectivity index (χ0) is 17.3. The van der Waals surface area contributed by atoms with E-state index in [1.54, 1.807) is 0 Å². The van der Waals surface area contributed by atoms with E-state index in [0.717, 1.165) is 56.6 Å². The van der Waals surface area contributed by atoms with E-state index in [1.165, 1.54) is 0 Å². The van der Waals surface area contributed by atoms with Crippen molar-refractivity contribution in [2.24, 2.45) is 11.3 Å². The second kappa shape index (κ2) is 6.77. The Balaban J connectivity index is 1.37. The van der Waals surface area contributed by atoms with Crippen LogP contribution >= 0.6 is 0 Å². The summed E-state index contributed by atoms with van der Waals surface area (Å²) in [6.45, 7) is 2.38. The Kier molecular flexibility index (Phi) is 4.48. The lowest BCUT2D eigenvalue weighted by molar-refractivity contribution is -0.126. The fourth-order valence-corrected chi connectivity index (χ4v) is 4.42. The highest BCUT2D eigenvalue weighted by Gasteiger charge is 2.51. The van der Waals surface area contributed by atoms with E-state index < -0.39 is 0 Å². The number of carbonyl (C=O) groups excluding carboxylic acids is 2. The number of hydrogen-bond donors (Lipinski definition) is 3. The maximum atomic E-state index is 12.8. The Labute approximate surface area is 147 Å². The SMILES string of the molecule is O=C(Nc1ccc(NC(=O)[C@@]23CCC[C@@H]2CNC3)cc1)C1CCCO1. The lowest BCUT2D eigenvalue weighted by Crippen LogP contribution is -2.39. The lowest BCUT2D eigenvalue weighted by Gasteiger charge is -2.26. The number of rotatable bonds is 4. The monoisotopic (exact) mass is 343 g/mol. The number of carbonyl (C=O) groups is 2. The third-order valence-electron chi connectivity index (χ3n) is 5.87. The first-order valence-corrected chi connectivity index (χ1v) is 9.22. The van der Waals surface area contributed by atoms with Gasteiger partial charge in [-0.25, -0.2) is 0 Å². The van der Waals surface area contributed by atoms with Crippen LogP contribution in [0.25, 0.3) is 0 Å². The Bertz CT molecular complexity index is 642. The summed E-state index contributed by atoms with van der Waals surface area (Å²) in [6, 6.07) is 7.32. The molecule has 134 valence electrons. The van der Waals surface area contributed by atoms with E-state index in [1.807, 2.05) is 24.3 Å². The van der Waals surface area contributed by atoms with Crippen molar-refractivity contribution >= 4 is 23.2 Å². The van der Waals surface area contributed by atoms with Crippen LogP contribution in [-0.4, -0.2) is 37.6 Å². The van der Waals surface area contributed by atoms with Crippen LogP contribution in [-0.2, 0) is 14.3 Å². The zero-order valence-corrected chi connectivity index (χ0v) is 14.3. The van der Waals surface area contributed by atoms with Crippen LogP contribution in [0.15, 0.2) is 24.3 Å². The van der Waals surface area contributed by atoms with Gasteiger partial charge in [0.1, 0.15) is 6.10 Å². The van der Waals surface area contributed by atoms with Gasteiger partial charge in [0.2, 0.25) is 5.91 Å². The predicted octanol–water partition coefficient (Wildman–Crippen LogP) is 2.13. The highest BCUT2D eigenvalue weighted by atomic mass is 16.5. The minimum absolute atomic E-state index is 0.0981. The predicted molar refractivity (Wildman–Crippen MR) is 95.3 cm³/mol. The number of ether oxygens (including phenoxy) is 1. The van der Waals surface area contributed by atoms with E-state index in [4.69, 9.17) is 4.74 Å². The molecule has 6 heteroatoms. The van der Waals surface area contributed by atoms with Gasteiger partial charge in [0.25, 0.3) is 5.91 Å². The third-order valence-corrected chi connectivity index (χ3v) is 5.87. The minimum Gasteiger partial charge on any atom is -0.368 e. The van der Waals surface area contributed by atoms with E-state index in [2.05, 4.69) is 16.0 Å². The quantitative estimate of drug-likeness (QED) is 0.782. The Hall–Kier alpha value is -1.92. The summed E-state index contributed by atoms with van der Waals surface area (Å²) in [6.07, 6.45) is 4.60. The largest absolute Gasteiger partial charge is 0.368 e. The van der Waals surface area contributed by atoms with Gasteiger partial charge in [-0.3, -0.25) is 9.59 Å². The van der Waals surface area contributed by atoms with Crippen molar-refractivity contribution < 1.29 is 14.3 Å². The standard InChI is InChI=1S/C19H25N3O3/c23-17(16-4-2-10-25-16)21-14-5-7-15(8-6-14)22-18(24)19-9-1-3-13(19)11-20-12-19/h5-8,13,16,20H,1-4,9-12H2,(H,21,23)(H,22,24)/t13-,16?,19-/m1/s1. The topological polar surface area (TPSA) is 79.5 Å². The molecule has 2 aliphatic heterocycles. The van der Waals surface area contributed by atoms with Gasteiger partial charge in [0, 0.05) is 24.5 Å². The molecule has 1 saturated carbocycles. The van der Waals surface area contributed by atoms with Crippen molar-refractivity contribution in [2.45, 2.75) is 38.2 Å². The molecule has 2 heterocycles. The molecule has 25 heavy (non-hydrogen) atoms. The summed E-state index contributed by atoms with van der Waals surface area (Å²) in [4.78, 5) is 24.9. The maximum Gasteiger partial charge on any atom is 0.253 e. The number of hydrogen-bond acceptors (Lipinski definition) is 4. The molecule has 1 aliphatic carbocycles. The summed E-state index contributed by atoms with van der Waals surface area (Å²) in [5, 5.41) is 9.30. The molecule has 2 saturated heterocycles. The summed E-state index contributed by atoms with van der Waals surface area (Å²) < 4.78 is 5.38. The van der Waals surface area contributed by atoms with Crippen molar-refractivity contribution in [3.8, 4) is 0 Å². The highest BCUT2D eigenvalue weighted by molar-refractivity contribution is 5.97. The molecule has 0 spiro atoms. The van der Waals surface area contributed by atoms with Crippen molar-refractivity contribution in [3.05, 3.63) is 24.3 Å². The number of anilines is 2. The molecule has 3 N–H and O–H groups in total. The van der Waals surface area contributed by atoms with Crippen LogP contribution in [0, 0.1) is 11.3 Å². The van der Waals surface area contributed by atoms with Gasteiger partial charge in [0.15, 0.2) is 0 Å². The molecule has 1 unspecified atom stereocenters. The number of nitrogens with one attached hydrogen (secondary N) is 3. The molecule has 3 fully saturated rings. The van der Waals surface area contributed by atoms with Gasteiger partial charge in [0.05, 0.1) is 5.41 Å². The van der Waals surface area contributed by atoms with E-state index in [-0.39, 0.29) is 23.3 Å². The number of benzene rings is 1. The van der Waals surface area contributed by atoms with Crippen LogP contribution in [0.4, 0.5) is 11.4 Å². The Morgan fingerprint density at radius 1 is 1.08 bits per heavy atom. The Morgan fingerprint density at radius 3 is 2.56 bits per heavy atom. The van der Waals surface area contributed by atoms with Crippen molar-refractivity contribution in [1.29, 1.82) is 0 Å². The molecule has 0 radical (unpaired) electrons. The van der Waals surface area contributed by atoms with Crippen LogP contribution in [0.1, 0.15) is 32.1 Å². The average molecular weight is 343 g/mol. The Morgan fingerprint density at radius 2 is 1.84 bits per heavy atom. The fraction of sp³-hybridized carbons (Fsp3) is 0.579. The summed E-state index contributed by atoms with van der Waals surface area (Å²) in [5.41, 5.74) is 1.25. The lowest BCUT2D eigenvalue weighted by atomic mass is 9.80. The second-order valence-electron chi connectivity index (χ2n) is 7.40. The van der Waals surface area contributed by atoms with Gasteiger partial charge in [-0.05, 0) is 62.4 Å². The normalized spacial score (nSPS) is 30.9. The van der Waals surface area contributed by atoms with Gasteiger partial charge < -0.3 is 20.7 Å². The van der Waals surface area contributed by atoms with Crippen molar-refractivity contribution in [3.63, 3.8) is 0 Å². The molecule has 1 aromatic rings. The fourth-order valence-electron chi connectivity index (χ4n) is 4.42. The van der Waals surface area contributed by atoms with E-state index >= 15 is 0 Å². The van der Waals surface area contributed by atoms with Crippen LogP contribution in [0.5, 0.6) is 0 Å². The molecule has 2 amide bonds. The first-order chi connectivity index (χ1) is 12.2. The first kappa shape index (κ1) is 16.5. The molecule has 3 aliphatic rings. The summed E-state index contributed by atoms with van der Waals surface area (Å²) in [7, 11) is 0. The third kappa shape index (κ3) is 3.16. The molecule has 3 atom stereocenters. The molecule has 0 aromatic heterocycles. The average Bonchev–Trinajstić information content (AvgIpc) is 3.33. The number of fused-ring (bicyclic) bond motifs is 1. The second-order valence-corrected chi connectivity index (χ2v) is 7.40. The highest BCUT2D eigenvalue weighted by Crippen LogP contribution is 2.46. The van der Waals surface area contributed by atoms with Gasteiger partial charge in [-0.2, -0.15) is 0 Å². The molecule has 0 bridgehead atoms.